The fourth-order valence-electron chi connectivity index (χ4n) is 3.78. The molecule has 33 heavy (non-hydrogen) atoms. The number of methoxy groups -OCH3 is 2. The van der Waals surface area contributed by atoms with E-state index in [1.807, 2.05) is 12.1 Å². The van der Waals surface area contributed by atoms with Crippen molar-refractivity contribution in [1.82, 2.24) is 4.90 Å². The van der Waals surface area contributed by atoms with Gasteiger partial charge in [0, 0.05) is 25.2 Å². The molecular weight excluding hydrogens is 430 g/mol. The highest BCUT2D eigenvalue weighted by atomic mass is 16.6. The Morgan fingerprint density at radius 2 is 1.82 bits per heavy atom. The summed E-state index contributed by atoms with van der Waals surface area (Å²) < 4.78 is 15.8. The zero-order chi connectivity index (χ0) is 23.5. The molecule has 10 nitrogen and oxygen atoms in total. The number of esters is 1. The van der Waals surface area contributed by atoms with E-state index in [9.17, 15) is 19.7 Å². The van der Waals surface area contributed by atoms with Gasteiger partial charge in [-0.05, 0) is 54.7 Å². The van der Waals surface area contributed by atoms with Gasteiger partial charge in [-0.3, -0.25) is 14.9 Å². The number of carbonyl (C=O) groups is 2. The zero-order valence-electron chi connectivity index (χ0n) is 18.5. The summed E-state index contributed by atoms with van der Waals surface area (Å²) in [4.78, 5) is 37.5. The van der Waals surface area contributed by atoms with Crippen molar-refractivity contribution >= 4 is 23.3 Å². The number of carbonyl (C=O) groups excluding carboxylic acids is 2. The molecule has 1 heterocycles. The molecule has 1 amide bonds. The van der Waals surface area contributed by atoms with E-state index in [1.54, 1.807) is 19.1 Å². The highest BCUT2D eigenvalue weighted by Gasteiger charge is 2.27. The predicted molar refractivity (Wildman–Crippen MR) is 119 cm³/mol. The summed E-state index contributed by atoms with van der Waals surface area (Å²) in [5.41, 5.74) is 2.21. The van der Waals surface area contributed by atoms with Crippen molar-refractivity contribution in [3.8, 4) is 11.5 Å². The molecule has 1 fully saturated rings. The SMILES string of the molecule is COc1cc2c(cc1OC)CN(C(=O)COC(=O)c1ccc(NC3CC3)c([N+](=O)[O-])c1)CC2. The number of hydrogen-bond donors (Lipinski definition) is 1. The molecule has 174 valence electrons. The van der Waals surface area contributed by atoms with Gasteiger partial charge in [-0.2, -0.15) is 0 Å². The first kappa shape index (κ1) is 22.4. The molecule has 10 heteroatoms. The second-order valence-corrected chi connectivity index (χ2v) is 8.02. The lowest BCUT2D eigenvalue weighted by molar-refractivity contribution is -0.384. The van der Waals surface area contributed by atoms with Crippen LogP contribution in [-0.2, 0) is 22.5 Å². The zero-order valence-corrected chi connectivity index (χ0v) is 18.5. The van der Waals surface area contributed by atoms with E-state index in [4.69, 9.17) is 14.2 Å². The minimum absolute atomic E-state index is 0.0247. The van der Waals surface area contributed by atoms with Gasteiger partial charge in [0.25, 0.3) is 11.6 Å². The van der Waals surface area contributed by atoms with Gasteiger partial charge in [-0.1, -0.05) is 0 Å². The lowest BCUT2D eigenvalue weighted by atomic mass is 9.99. The van der Waals surface area contributed by atoms with E-state index >= 15 is 0 Å². The molecule has 0 saturated heterocycles. The van der Waals surface area contributed by atoms with Crippen LogP contribution in [0.1, 0.15) is 34.3 Å². The van der Waals surface area contributed by atoms with Crippen molar-refractivity contribution in [2.75, 3.05) is 32.7 Å². The molecule has 4 rings (SSSR count). The smallest absolute Gasteiger partial charge is 0.338 e. The monoisotopic (exact) mass is 455 g/mol. The van der Waals surface area contributed by atoms with Gasteiger partial charge in [0.2, 0.25) is 0 Å². The van der Waals surface area contributed by atoms with Gasteiger partial charge < -0.3 is 24.4 Å². The Hall–Kier alpha value is -3.82. The second kappa shape index (κ2) is 9.35. The van der Waals surface area contributed by atoms with Crippen molar-refractivity contribution < 1.29 is 28.7 Å². The summed E-state index contributed by atoms with van der Waals surface area (Å²) in [5.74, 6) is 0.0918. The number of amides is 1. The Bertz CT molecular complexity index is 1100. The average molecular weight is 455 g/mol. The van der Waals surface area contributed by atoms with Crippen LogP contribution in [-0.4, -0.2) is 55.1 Å². The van der Waals surface area contributed by atoms with Crippen LogP contribution in [0.4, 0.5) is 11.4 Å². The number of benzene rings is 2. The van der Waals surface area contributed by atoms with Crippen molar-refractivity contribution in [2.45, 2.75) is 31.8 Å². The lowest BCUT2D eigenvalue weighted by Gasteiger charge is -2.29. The van der Waals surface area contributed by atoms with E-state index in [0.717, 1.165) is 24.0 Å². The van der Waals surface area contributed by atoms with Crippen LogP contribution in [0.15, 0.2) is 30.3 Å². The fourth-order valence-corrected chi connectivity index (χ4v) is 3.78. The van der Waals surface area contributed by atoms with E-state index in [-0.39, 0.29) is 23.2 Å². The molecule has 1 N–H and O–H groups in total. The number of nitro benzene ring substituents is 1. The van der Waals surface area contributed by atoms with Crippen LogP contribution in [0.25, 0.3) is 0 Å². The first-order valence-electron chi connectivity index (χ1n) is 10.6. The van der Waals surface area contributed by atoms with Crippen LogP contribution in [0, 0.1) is 10.1 Å². The van der Waals surface area contributed by atoms with Gasteiger partial charge in [-0.25, -0.2) is 4.79 Å². The number of nitro groups is 1. The molecule has 0 spiro atoms. The van der Waals surface area contributed by atoms with Crippen LogP contribution < -0.4 is 14.8 Å². The Labute approximate surface area is 190 Å². The molecule has 2 aliphatic rings. The highest BCUT2D eigenvalue weighted by Crippen LogP contribution is 2.34. The fraction of sp³-hybridized carbons (Fsp3) is 0.391. The normalized spacial score (nSPS) is 14.8. The topological polar surface area (TPSA) is 120 Å². The molecular formula is C23H25N3O7. The second-order valence-electron chi connectivity index (χ2n) is 8.02. The number of rotatable bonds is 8. The summed E-state index contributed by atoms with van der Waals surface area (Å²) in [6, 6.07) is 8.11. The minimum Gasteiger partial charge on any atom is -0.493 e. The summed E-state index contributed by atoms with van der Waals surface area (Å²) in [6.07, 6.45) is 2.56. The number of hydrogen-bond acceptors (Lipinski definition) is 8. The summed E-state index contributed by atoms with van der Waals surface area (Å²) >= 11 is 0. The Balaban J connectivity index is 1.38. The standard InChI is InChI=1S/C23H25N3O7/c1-31-20-10-14-7-8-25(12-16(14)11-21(20)32-2)22(27)13-33-23(28)15-3-6-18(24-17-4-5-17)19(9-15)26(29)30/h3,6,9-11,17,24H,4-5,7-8,12-13H2,1-2H3. The summed E-state index contributed by atoms with van der Waals surface area (Å²) in [5, 5.41) is 14.5. The van der Waals surface area contributed by atoms with Gasteiger partial charge in [0.05, 0.1) is 24.7 Å². The average Bonchev–Trinajstić information content (AvgIpc) is 3.65. The number of ether oxygens (including phenoxy) is 3. The maximum absolute atomic E-state index is 12.7. The van der Waals surface area contributed by atoms with Crippen LogP contribution >= 0.6 is 0 Å². The molecule has 2 aromatic rings. The Kier molecular flexibility index (Phi) is 6.34. The van der Waals surface area contributed by atoms with E-state index in [2.05, 4.69) is 5.32 Å². The minimum atomic E-state index is -0.784. The quantitative estimate of drug-likeness (QED) is 0.366. The molecule has 1 aliphatic carbocycles. The molecule has 0 bridgehead atoms. The molecule has 0 aromatic heterocycles. The molecule has 1 aliphatic heterocycles. The van der Waals surface area contributed by atoms with E-state index in [1.165, 1.54) is 18.2 Å². The molecule has 0 atom stereocenters. The molecule has 2 aromatic carbocycles. The van der Waals surface area contributed by atoms with E-state index in [0.29, 0.717) is 36.7 Å². The van der Waals surface area contributed by atoms with Gasteiger partial charge >= 0.3 is 5.97 Å². The van der Waals surface area contributed by atoms with Gasteiger partial charge in [0.1, 0.15) is 5.69 Å². The first-order chi connectivity index (χ1) is 15.9. The Morgan fingerprint density at radius 3 is 2.45 bits per heavy atom. The summed E-state index contributed by atoms with van der Waals surface area (Å²) in [7, 11) is 3.12. The summed E-state index contributed by atoms with van der Waals surface area (Å²) in [6.45, 7) is 0.391. The first-order valence-corrected chi connectivity index (χ1v) is 10.6. The Morgan fingerprint density at radius 1 is 1.12 bits per heavy atom. The van der Waals surface area contributed by atoms with Crippen molar-refractivity contribution in [2.24, 2.45) is 0 Å². The third-order valence-corrected chi connectivity index (χ3v) is 5.76. The van der Waals surface area contributed by atoms with Crippen molar-refractivity contribution in [3.05, 3.63) is 57.1 Å². The van der Waals surface area contributed by atoms with Crippen LogP contribution in [0.3, 0.4) is 0 Å². The predicted octanol–water partition coefficient (Wildman–Crippen LogP) is 2.93. The number of nitrogens with one attached hydrogen (secondary N) is 1. The number of fused-ring (bicyclic) bond motifs is 1. The largest absolute Gasteiger partial charge is 0.493 e. The molecule has 0 radical (unpaired) electrons. The van der Waals surface area contributed by atoms with Crippen LogP contribution in [0.5, 0.6) is 11.5 Å². The lowest BCUT2D eigenvalue weighted by Crippen LogP contribution is -2.38. The third kappa shape index (κ3) is 5.00. The third-order valence-electron chi connectivity index (χ3n) is 5.76. The number of nitrogens with zero attached hydrogens (tertiary/aromatic N) is 2. The highest BCUT2D eigenvalue weighted by molar-refractivity contribution is 5.93. The number of anilines is 1. The van der Waals surface area contributed by atoms with Gasteiger partial charge in [-0.15, -0.1) is 0 Å². The van der Waals surface area contributed by atoms with Crippen LogP contribution in [0.2, 0.25) is 0 Å². The maximum atomic E-state index is 12.7. The van der Waals surface area contributed by atoms with Crippen molar-refractivity contribution in [3.63, 3.8) is 0 Å². The maximum Gasteiger partial charge on any atom is 0.338 e. The van der Waals surface area contributed by atoms with Crippen molar-refractivity contribution in [1.29, 1.82) is 0 Å². The molecule has 1 saturated carbocycles. The molecule has 0 unspecified atom stereocenters. The van der Waals surface area contributed by atoms with E-state index < -0.39 is 17.5 Å². The van der Waals surface area contributed by atoms with Gasteiger partial charge in [0.15, 0.2) is 18.1 Å².